The fraction of sp³-hybridized carbons (Fsp3) is 0.238. The van der Waals surface area contributed by atoms with Gasteiger partial charge in [0.15, 0.2) is 5.78 Å². The zero-order valence-corrected chi connectivity index (χ0v) is 17.7. The van der Waals surface area contributed by atoms with Crippen LogP contribution >= 0.6 is 11.8 Å². The highest BCUT2D eigenvalue weighted by atomic mass is 32.2. The molecule has 8 nitrogen and oxygen atoms in total. The van der Waals surface area contributed by atoms with Crippen LogP contribution in [-0.2, 0) is 12.8 Å². The zero-order chi connectivity index (χ0) is 21.6. The van der Waals surface area contributed by atoms with E-state index in [4.69, 9.17) is 0 Å². The topological polar surface area (TPSA) is 106 Å². The molecule has 4 rings (SSSR count). The minimum Gasteiger partial charge on any atom is -0.294 e. The molecule has 0 saturated heterocycles. The number of hydrogen-bond acceptors (Lipinski definition) is 7. The van der Waals surface area contributed by atoms with Crippen molar-refractivity contribution in [3.05, 3.63) is 62.8 Å². The fourth-order valence-corrected chi connectivity index (χ4v) is 4.33. The molecule has 0 aliphatic carbocycles. The number of nitriles is 1. The molecule has 0 bridgehead atoms. The lowest BCUT2D eigenvalue weighted by molar-refractivity contribution is 0.101. The molecule has 0 unspecified atom stereocenters. The second kappa shape index (κ2) is 7.39. The molecule has 0 N–H and O–H groups in total. The summed E-state index contributed by atoms with van der Waals surface area (Å²) in [6.45, 7) is 5.14. The molecule has 0 fully saturated rings. The molecule has 0 aliphatic rings. The van der Waals surface area contributed by atoms with Crippen molar-refractivity contribution in [3.63, 3.8) is 0 Å². The van der Waals surface area contributed by atoms with E-state index >= 15 is 0 Å². The molecule has 0 atom stereocenters. The first kappa shape index (κ1) is 19.8. The number of aromatic nitrogens is 5. The maximum atomic E-state index is 12.7. The fourth-order valence-electron chi connectivity index (χ4n) is 3.41. The summed E-state index contributed by atoms with van der Waals surface area (Å²) >= 11 is 1.34. The SMILES string of the molecule is CC(=O)c1cc(C#N)c(SCc2nnc3n(C)c(=O)c4cc(C)ccc4n23)nc1C. The van der Waals surface area contributed by atoms with Crippen molar-refractivity contribution < 1.29 is 4.79 Å². The van der Waals surface area contributed by atoms with E-state index < -0.39 is 0 Å². The van der Waals surface area contributed by atoms with Crippen LogP contribution in [0, 0.1) is 25.2 Å². The first-order valence-electron chi connectivity index (χ1n) is 9.20. The molecule has 4 aromatic rings. The van der Waals surface area contributed by atoms with Gasteiger partial charge in [-0.2, -0.15) is 5.26 Å². The van der Waals surface area contributed by atoms with Crippen LogP contribution in [0.15, 0.2) is 34.1 Å². The van der Waals surface area contributed by atoms with Crippen LogP contribution < -0.4 is 5.56 Å². The number of fused-ring (bicyclic) bond motifs is 3. The third-order valence-corrected chi connectivity index (χ3v) is 5.94. The van der Waals surface area contributed by atoms with E-state index in [-0.39, 0.29) is 11.3 Å². The van der Waals surface area contributed by atoms with E-state index in [1.807, 2.05) is 29.5 Å². The van der Waals surface area contributed by atoms with E-state index in [2.05, 4.69) is 21.3 Å². The molecule has 1 aromatic carbocycles. The third-order valence-electron chi connectivity index (χ3n) is 4.96. The maximum absolute atomic E-state index is 12.7. The Bertz CT molecular complexity index is 1440. The van der Waals surface area contributed by atoms with E-state index in [1.165, 1.54) is 23.3 Å². The number of nitrogens with zero attached hydrogens (tertiary/aromatic N) is 6. The number of Topliss-reactive ketones (excluding diaryl/α,β-unsaturated/α-hetero) is 1. The van der Waals surface area contributed by atoms with Crippen LogP contribution in [0.5, 0.6) is 0 Å². The minimum atomic E-state index is -0.128. The molecule has 0 radical (unpaired) electrons. The quantitative estimate of drug-likeness (QED) is 0.370. The molecule has 0 aliphatic heterocycles. The average Bonchev–Trinajstić information content (AvgIpc) is 3.14. The van der Waals surface area contributed by atoms with Gasteiger partial charge in [-0.1, -0.05) is 23.4 Å². The molecule has 9 heteroatoms. The Labute approximate surface area is 176 Å². The highest BCUT2D eigenvalue weighted by Gasteiger charge is 2.17. The van der Waals surface area contributed by atoms with E-state index in [0.29, 0.717) is 44.6 Å². The van der Waals surface area contributed by atoms with Crippen molar-refractivity contribution in [3.8, 4) is 6.07 Å². The highest BCUT2D eigenvalue weighted by Crippen LogP contribution is 2.27. The van der Waals surface area contributed by atoms with Gasteiger partial charge < -0.3 is 0 Å². The van der Waals surface area contributed by atoms with Gasteiger partial charge in [0.25, 0.3) is 5.56 Å². The predicted molar refractivity (Wildman–Crippen MR) is 114 cm³/mol. The number of thioether (sulfide) groups is 1. The average molecular weight is 418 g/mol. The van der Waals surface area contributed by atoms with Gasteiger partial charge in [-0.05, 0) is 39.0 Å². The summed E-state index contributed by atoms with van der Waals surface area (Å²) in [5.41, 5.74) is 2.97. The predicted octanol–water partition coefficient (Wildman–Crippen LogP) is 2.96. The summed E-state index contributed by atoms with van der Waals surface area (Å²) in [4.78, 5) is 28.9. The van der Waals surface area contributed by atoms with Crippen LogP contribution in [-0.4, -0.2) is 29.9 Å². The molecule has 0 spiro atoms. The molecule has 3 aromatic heterocycles. The van der Waals surface area contributed by atoms with Gasteiger partial charge in [-0.15, -0.1) is 10.2 Å². The first-order chi connectivity index (χ1) is 14.3. The number of benzene rings is 1. The second-order valence-electron chi connectivity index (χ2n) is 7.07. The standard InChI is InChI=1S/C21H18N6O2S/c1-11-5-6-17-16(7-11)20(29)26(4)21-25-24-18(27(17)21)10-30-19-14(9-22)8-15(13(3)28)12(2)23-19/h5-8H,10H2,1-4H3. The summed E-state index contributed by atoms with van der Waals surface area (Å²) in [7, 11) is 1.67. The molecule has 0 saturated carbocycles. The van der Waals surface area contributed by atoms with Gasteiger partial charge in [-0.25, -0.2) is 4.98 Å². The van der Waals surface area contributed by atoms with Crippen molar-refractivity contribution in [2.75, 3.05) is 0 Å². The third kappa shape index (κ3) is 3.15. The van der Waals surface area contributed by atoms with E-state index in [0.717, 1.165) is 11.1 Å². The Morgan fingerprint density at radius 2 is 2.00 bits per heavy atom. The first-order valence-corrected chi connectivity index (χ1v) is 10.2. The Hall–Kier alpha value is -3.51. The monoisotopic (exact) mass is 418 g/mol. The van der Waals surface area contributed by atoms with Crippen LogP contribution in [0.25, 0.3) is 16.7 Å². The Morgan fingerprint density at radius 3 is 2.70 bits per heavy atom. The minimum absolute atomic E-state index is 0.126. The number of rotatable bonds is 4. The number of ketones is 1. The summed E-state index contributed by atoms with van der Waals surface area (Å²) in [5, 5.41) is 19.1. The summed E-state index contributed by atoms with van der Waals surface area (Å²) in [6.07, 6.45) is 0. The van der Waals surface area contributed by atoms with Gasteiger partial charge in [0, 0.05) is 18.3 Å². The molecule has 3 heterocycles. The maximum Gasteiger partial charge on any atom is 0.262 e. The van der Waals surface area contributed by atoms with Crippen LogP contribution in [0.1, 0.15) is 39.9 Å². The van der Waals surface area contributed by atoms with Crippen LogP contribution in [0.3, 0.4) is 0 Å². The molecule has 0 amide bonds. The number of hydrogen-bond donors (Lipinski definition) is 0. The Morgan fingerprint density at radius 1 is 1.23 bits per heavy atom. The lowest BCUT2D eigenvalue weighted by atomic mass is 10.1. The van der Waals surface area contributed by atoms with E-state index in [9.17, 15) is 14.9 Å². The van der Waals surface area contributed by atoms with Crippen molar-refractivity contribution in [1.29, 1.82) is 5.26 Å². The summed E-state index contributed by atoms with van der Waals surface area (Å²) < 4.78 is 3.33. The number of carbonyl (C=O) groups is 1. The van der Waals surface area contributed by atoms with Gasteiger partial charge >= 0.3 is 0 Å². The Kier molecular flexibility index (Phi) is 4.87. The summed E-state index contributed by atoms with van der Waals surface area (Å²) in [5.74, 6) is 1.35. The lowest BCUT2D eigenvalue weighted by Crippen LogP contribution is -2.20. The van der Waals surface area contributed by atoms with Gasteiger partial charge in [-0.3, -0.25) is 18.6 Å². The van der Waals surface area contributed by atoms with Gasteiger partial charge in [0.05, 0.1) is 22.2 Å². The van der Waals surface area contributed by atoms with Crippen molar-refractivity contribution in [2.45, 2.75) is 31.6 Å². The highest BCUT2D eigenvalue weighted by molar-refractivity contribution is 7.98. The normalized spacial score (nSPS) is 11.2. The summed E-state index contributed by atoms with van der Waals surface area (Å²) in [6, 6.07) is 9.38. The second-order valence-corrected chi connectivity index (χ2v) is 8.03. The molecular formula is C21H18N6O2S. The molecule has 150 valence electrons. The van der Waals surface area contributed by atoms with E-state index in [1.54, 1.807) is 20.0 Å². The van der Waals surface area contributed by atoms with Gasteiger partial charge in [0.1, 0.15) is 16.9 Å². The van der Waals surface area contributed by atoms with Crippen LogP contribution in [0.2, 0.25) is 0 Å². The smallest absolute Gasteiger partial charge is 0.262 e. The molecule has 30 heavy (non-hydrogen) atoms. The van der Waals surface area contributed by atoms with Crippen molar-refractivity contribution >= 4 is 34.2 Å². The lowest BCUT2D eigenvalue weighted by Gasteiger charge is -2.09. The van der Waals surface area contributed by atoms with Crippen molar-refractivity contribution in [1.82, 2.24) is 24.1 Å². The van der Waals surface area contributed by atoms with Gasteiger partial charge in [0.2, 0.25) is 5.78 Å². The Balaban J connectivity index is 1.81. The molecular weight excluding hydrogens is 400 g/mol. The zero-order valence-electron chi connectivity index (χ0n) is 16.9. The number of pyridine rings is 1. The largest absolute Gasteiger partial charge is 0.294 e. The van der Waals surface area contributed by atoms with Crippen LogP contribution in [0.4, 0.5) is 0 Å². The number of carbonyl (C=O) groups excluding carboxylic acids is 1. The van der Waals surface area contributed by atoms with Crippen molar-refractivity contribution in [2.24, 2.45) is 7.05 Å². The number of aryl methyl sites for hydroxylation is 3.